The molecule has 4 heteroatoms. The Kier molecular flexibility index (Phi) is 3.84. The molecule has 0 radical (unpaired) electrons. The molecule has 17 heavy (non-hydrogen) atoms. The molecule has 1 aromatic rings. The fraction of sp³-hybridized carbons (Fsp3) is 0.769. The van der Waals surface area contributed by atoms with E-state index in [0.29, 0.717) is 18.0 Å². The van der Waals surface area contributed by atoms with E-state index in [1.165, 1.54) is 12.1 Å². The van der Waals surface area contributed by atoms with Crippen molar-refractivity contribution in [1.29, 1.82) is 0 Å². The first-order chi connectivity index (χ1) is 8.19. The Morgan fingerprint density at radius 2 is 2.29 bits per heavy atom. The van der Waals surface area contributed by atoms with Crippen molar-refractivity contribution in [2.45, 2.75) is 45.8 Å². The minimum atomic E-state index is 0.447. The highest BCUT2D eigenvalue weighted by molar-refractivity contribution is 5.11. The second kappa shape index (κ2) is 5.19. The van der Waals surface area contributed by atoms with E-state index < -0.39 is 0 Å². The van der Waals surface area contributed by atoms with Crippen LogP contribution < -0.4 is 5.73 Å². The molecule has 1 aliphatic heterocycles. The van der Waals surface area contributed by atoms with Crippen LogP contribution in [0.2, 0.25) is 0 Å². The summed E-state index contributed by atoms with van der Waals surface area (Å²) in [6.07, 6.45) is 5.14. The molecule has 2 unspecified atom stereocenters. The van der Waals surface area contributed by atoms with E-state index in [2.05, 4.69) is 35.2 Å². The maximum atomic E-state index is 5.93. The number of imidazole rings is 1. The topological polar surface area (TPSA) is 47.1 Å². The molecular weight excluding hydrogens is 212 g/mol. The summed E-state index contributed by atoms with van der Waals surface area (Å²) in [4.78, 5) is 6.85. The van der Waals surface area contributed by atoms with E-state index in [9.17, 15) is 0 Å². The van der Waals surface area contributed by atoms with Gasteiger partial charge in [-0.3, -0.25) is 4.90 Å². The second-order valence-corrected chi connectivity index (χ2v) is 5.17. The quantitative estimate of drug-likeness (QED) is 0.864. The van der Waals surface area contributed by atoms with Crippen molar-refractivity contribution < 1.29 is 0 Å². The number of rotatable bonds is 4. The minimum Gasteiger partial charge on any atom is -0.333 e. The van der Waals surface area contributed by atoms with E-state index in [1.807, 2.05) is 12.5 Å². The summed E-state index contributed by atoms with van der Waals surface area (Å²) in [5, 5.41) is 0. The number of likely N-dealkylation sites (tertiary alicyclic amines) is 1. The molecule has 2 atom stereocenters. The zero-order valence-corrected chi connectivity index (χ0v) is 11.1. The highest BCUT2D eigenvalue weighted by Gasteiger charge is 2.37. The van der Waals surface area contributed by atoms with E-state index in [-0.39, 0.29) is 0 Å². The molecule has 0 amide bonds. The predicted molar refractivity (Wildman–Crippen MR) is 69.6 cm³/mol. The normalized spacial score (nSPS) is 25.9. The fourth-order valence-electron chi connectivity index (χ4n) is 2.96. The summed E-state index contributed by atoms with van der Waals surface area (Å²) in [5.74, 6) is 0.569. The lowest BCUT2D eigenvalue weighted by Crippen LogP contribution is -2.34. The number of aryl methyl sites for hydroxylation is 1. The second-order valence-electron chi connectivity index (χ2n) is 5.17. The van der Waals surface area contributed by atoms with Crippen LogP contribution in [-0.2, 0) is 6.54 Å². The monoisotopic (exact) mass is 236 g/mol. The molecule has 2 rings (SSSR count). The highest BCUT2D eigenvalue weighted by Crippen LogP contribution is 2.37. The molecule has 0 bridgehead atoms. The van der Waals surface area contributed by atoms with Gasteiger partial charge in [-0.05, 0) is 46.2 Å². The van der Waals surface area contributed by atoms with Gasteiger partial charge in [0.1, 0.15) is 0 Å². The van der Waals surface area contributed by atoms with Gasteiger partial charge in [0.25, 0.3) is 0 Å². The Labute approximate surface area is 104 Å². The number of hydrogen-bond donors (Lipinski definition) is 1. The first-order valence-electron chi connectivity index (χ1n) is 6.64. The molecule has 1 aliphatic rings. The smallest absolute Gasteiger partial charge is 0.0948 e. The SMILES string of the molecule is CCn1cncc1C1C(CN)CCN1C(C)C. The van der Waals surface area contributed by atoms with Gasteiger partial charge in [-0.1, -0.05) is 0 Å². The van der Waals surface area contributed by atoms with E-state index in [1.54, 1.807) is 0 Å². The summed E-state index contributed by atoms with van der Waals surface area (Å²) >= 11 is 0. The Morgan fingerprint density at radius 3 is 2.88 bits per heavy atom. The Bertz CT molecular complexity index is 358. The fourth-order valence-corrected chi connectivity index (χ4v) is 2.96. The minimum absolute atomic E-state index is 0.447. The number of nitrogens with zero attached hydrogens (tertiary/aromatic N) is 3. The Balaban J connectivity index is 2.31. The summed E-state index contributed by atoms with van der Waals surface area (Å²) < 4.78 is 2.24. The zero-order valence-electron chi connectivity index (χ0n) is 11.1. The third-order valence-corrected chi connectivity index (χ3v) is 3.92. The largest absolute Gasteiger partial charge is 0.333 e. The lowest BCUT2D eigenvalue weighted by atomic mass is 9.97. The van der Waals surface area contributed by atoms with Crippen molar-refractivity contribution >= 4 is 0 Å². The molecule has 1 aromatic heterocycles. The number of aromatic nitrogens is 2. The van der Waals surface area contributed by atoms with Gasteiger partial charge < -0.3 is 10.3 Å². The lowest BCUT2D eigenvalue weighted by molar-refractivity contribution is 0.177. The van der Waals surface area contributed by atoms with Crippen LogP contribution in [-0.4, -0.2) is 33.6 Å². The van der Waals surface area contributed by atoms with Crippen molar-refractivity contribution in [3.8, 4) is 0 Å². The van der Waals surface area contributed by atoms with Gasteiger partial charge in [0.15, 0.2) is 0 Å². The summed E-state index contributed by atoms with van der Waals surface area (Å²) in [5.41, 5.74) is 7.26. The Hall–Kier alpha value is -0.870. The molecule has 4 nitrogen and oxygen atoms in total. The predicted octanol–water partition coefficient (Wildman–Crippen LogP) is 1.63. The summed E-state index contributed by atoms with van der Waals surface area (Å²) in [7, 11) is 0. The molecule has 0 spiro atoms. The van der Waals surface area contributed by atoms with Gasteiger partial charge in [-0.25, -0.2) is 4.98 Å². The molecule has 0 saturated carbocycles. The standard InChI is InChI=1S/C13H24N4/c1-4-16-9-15-8-12(16)13-11(7-14)5-6-17(13)10(2)3/h8-11,13H,4-7,14H2,1-3H3. The molecule has 0 aliphatic carbocycles. The van der Waals surface area contributed by atoms with Crippen molar-refractivity contribution in [2.75, 3.05) is 13.1 Å². The van der Waals surface area contributed by atoms with Crippen LogP contribution in [0.3, 0.4) is 0 Å². The van der Waals surface area contributed by atoms with E-state index in [4.69, 9.17) is 5.73 Å². The van der Waals surface area contributed by atoms with Gasteiger partial charge >= 0.3 is 0 Å². The van der Waals surface area contributed by atoms with Crippen LogP contribution in [0.1, 0.15) is 38.9 Å². The van der Waals surface area contributed by atoms with Crippen LogP contribution in [0.5, 0.6) is 0 Å². The Morgan fingerprint density at radius 1 is 1.53 bits per heavy atom. The molecule has 1 fully saturated rings. The van der Waals surface area contributed by atoms with E-state index in [0.717, 1.165) is 19.6 Å². The van der Waals surface area contributed by atoms with Crippen LogP contribution in [0.25, 0.3) is 0 Å². The average molecular weight is 236 g/mol. The summed E-state index contributed by atoms with van der Waals surface area (Å²) in [6, 6.07) is 1.01. The highest BCUT2D eigenvalue weighted by atomic mass is 15.2. The molecular formula is C13H24N4. The van der Waals surface area contributed by atoms with Crippen LogP contribution in [0, 0.1) is 5.92 Å². The van der Waals surface area contributed by atoms with Crippen molar-refractivity contribution in [1.82, 2.24) is 14.5 Å². The van der Waals surface area contributed by atoms with Gasteiger partial charge in [0.05, 0.1) is 18.1 Å². The number of hydrogen-bond acceptors (Lipinski definition) is 3. The lowest BCUT2D eigenvalue weighted by Gasteiger charge is -2.31. The molecule has 2 N–H and O–H groups in total. The third kappa shape index (κ3) is 2.24. The van der Waals surface area contributed by atoms with Crippen LogP contribution in [0.15, 0.2) is 12.5 Å². The first kappa shape index (κ1) is 12.6. The third-order valence-electron chi connectivity index (χ3n) is 3.92. The van der Waals surface area contributed by atoms with Crippen molar-refractivity contribution in [3.05, 3.63) is 18.2 Å². The van der Waals surface area contributed by atoms with Gasteiger partial charge in [0, 0.05) is 18.8 Å². The van der Waals surface area contributed by atoms with Gasteiger partial charge in [-0.15, -0.1) is 0 Å². The zero-order chi connectivity index (χ0) is 12.4. The maximum Gasteiger partial charge on any atom is 0.0948 e. The average Bonchev–Trinajstić information content (AvgIpc) is 2.93. The molecule has 96 valence electrons. The molecule has 2 heterocycles. The maximum absolute atomic E-state index is 5.93. The van der Waals surface area contributed by atoms with Crippen molar-refractivity contribution in [2.24, 2.45) is 11.7 Å². The summed E-state index contributed by atoms with van der Waals surface area (Å²) in [6.45, 7) is 9.59. The van der Waals surface area contributed by atoms with Crippen LogP contribution in [0.4, 0.5) is 0 Å². The first-order valence-corrected chi connectivity index (χ1v) is 6.64. The van der Waals surface area contributed by atoms with Crippen molar-refractivity contribution in [3.63, 3.8) is 0 Å². The number of nitrogens with two attached hydrogens (primary N) is 1. The molecule has 1 saturated heterocycles. The van der Waals surface area contributed by atoms with Gasteiger partial charge in [-0.2, -0.15) is 0 Å². The van der Waals surface area contributed by atoms with Crippen LogP contribution >= 0.6 is 0 Å². The van der Waals surface area contributed by atoms with Gasteiger partial charge in [0.2, 0.25) is 0 Å². The molecule has 0 aromatic carbocycles. The van der Waals surface area contributed by atoms with E-state index >= 15 is 0 Å².